The van der Waals surface area contributed by atoms with Crippen molar-refractivity contribution < 1.29 is 13.5 Å². The molecule has 4 heteroatoms. The molecule has 0 saturated heterocycles. The normalized spacial score (nSPS) is 18.4. The second-order valence-corrected chi connectivity index (χ2v) is 4.94. The fraction of sp³-hybridized carbons (Fsp3) is 1.00. The average Bonchev–Trinajstić information content (AvgIpc) is 2.24. The quantitative estimate of drug-likeness (QED) is 0.600. The Morgan fingerprint density at radius 2 is 2.12 bits per heavy atom. The van der Waals surface area contributed by atoms with Crippen LogP contribution in [0.4, 0.5) is 8.78 Å². The lowest BCUT2D eigenvalue weighted by molar-refractivity contribution is 0.0134. The molecule has 1 rings (SSSR count). The highest BCUT2D eigenvalue weighted by molar-refractivity contribution is 4.77. The summed E-state index contributed by atoms with van der Waals surface area (Å²) in [7, 11) is 0. The lowest BCUT2D eigenvalue weighted by atomic mass is 9.80. The largest absolute Gasteiger partial charge is 0.375 e. The van der Waals surface area contributed by atoms with Gasteiger partial charge in [0.05, 0.1) is 0 Å². The lowest BCUT2D eigenvalue weighted by Gasteiger charge is -2.30. The molecule has 0 aromatic rings. The van der Waals surface area contributed by atoms with Gasteiger partial charge in [-0.3, -0.25) is 0 Å². The van der Waals surface area contributed by atoms with Crippen molar-refractivity contribution in [2.45, 2.75) is 57.9 Å². The van der Waals surface area contributed by atoms with E-state index in [9.17, 15) is 8.78 Å². The predicted octanol–water partition coefficient (Wildman–Crippen LogP) is 3.22. The Kier molecular flexibility index (Phi) is 7.69. The summed E-state index contributed by atoms with van der Waals surface area (Å²) in [6.07, 6.45) is 4.82. The van der Waals surface area contributed by atoms with E-state index in [1.807, 2.05) is 0 Å². The molecule has 0 amide bonds. The topological polar surface area (TPSA) is 21.3 Å². The Morgan fingerprint density at radius 3 is 2.65 bits per heavy atom. The van der Waals surface area contributed by atoms with E-state index in [2.05, 4.69) is 12.2 Å². The second-order valence-electron chi connectivity index (χ2n) is 4.94. The van der Waals surface area contributed by atoms with Crippen LogP contribution in [0.25, 0.3) is 0 Å². The van der Waals surface area contributed by atoms with Gasteiger partial charge in [-0.05, 0) is 31.7 Å². The van der Waals surface area contributed by atoms with Crippen molar-refractivity contribution in [2.75, 3.05) is 19.8 Å². The molecule has 0 aromatic carbocycles. The molecule has 17 heavy (non-hydrogen) atoms. The summed E-state index contributed by atoms with van der Waals surface area (Å²) in [5.74, 6) is 0.847. The van der Waals surface area contributed by atoms with E-state index in [0.29, 0.717) is 12.6 Å². The molecule has 0 aliphatic heterocycles. The third kappa shape index (κ3) is 6.94. The van der Waals surface area contributed by atoms with Crippen LogP contribution in [-0.4, -0.2) is 32.2 Å². The molecule has 0 aromatic heterocycles. The summed E-state index contributed by atoms with van der Waals surface area (Å²) in [6.45, 7) is 3.16. The smallest absolute Gasteiger partial charge is 0.261 e. The fourth-order valence-electron chi connectivity index (χ4n) is 2.18. The SMILES string of the molecule is CCCNC(CCOCC(F)F)CC1CCC1. The number of halogens is 2. The van der Waals surface area contributed by atoms with Gasteiger partial charge in [0.2, 0.25) is 0 Å². The van der Waals surface area contributed by atoms with E-state index < -0.39 is 13.0 Å². The van der Waals surface area contributed by atoms with Crippen LogP contribution >= 0.6 is 0 Å². The van der Waals surface area contributed by atoms with E-state index >= 15 is 0 Å². The zero-order chi connectivity index (χ0) is 12.5. The van der Waals surface area contributed by atoms with Gasteiger partial charge in [0, 0.05) is 12.6 Å². The number of ether oxygens (including phenoxy) is 1. The highest BCUT2D eigenvalue weighted by Crippen LogP contribution is 2.31. The molecular formula is C13H25F2NO. The van der Waals surface area contributed by atoms with Crippen LogP contribution in [-0.2, 0) is 4.74 Å². The van der Waals surface area contributed by atoms with Crippen molar-refractivity contribution in [2.24, 2.45) is 5.92 Å². The molecule has 1 fully saturated rings. The Bertz CT molecular complexity index is 186. The van der Waals surface area contributed by atoms with Crippen molar-refractivity contribution in [1.29, 1.82) is 0 Å². The van der Waals surface area contributed by atoms with Crippen LogP contribution in [0.2, 0.25) is 0 Å². The molecule has 1 atom stereocenters. The number of alkyl halides is 2. The van der Waals surface area contributed by atoms with Gasteiger partial charge in [0.15, 0.2) is 0 Å². The van der Waals surface area contributed by atoms with Gasteiger partial charge < -0.3 is 10.1 Å². The highest BCUT2D eigenvalue weighted by Gasteiger charge is 2.21. The van der Waals surface area contributed by atoms with Crippen LogP contribution < -0.4 is 5.32 Å². The predicted molar refractivity (Wildman–Crippen MR) is 65.5 cm³/mol. The summed E-state index contributed by atoms with van der Waals surface area (Å²) in [4.78, 5) is 0. The fourth-order valence-corrected chi connectivity index (χ4v) is 2.18. The monoisotopic (exact) mass is 249 g/mol. The molecule has 1 saturated carbocycles. The minimum Gasteiger partial charge on any atom is -0.375 e. The third-order valence-electron chi connectivity index (χ3n) is 3.38. The Morgan fingerprint density at radius 1 is 1.35 bits per heavy atom. The second kappa shape index (κ2) is 8.81. The van der Waals surface area contributed by atoms with Crippen LogP contribution in [0, 0.1) is 5.92 Å². The Balaban J connectivity index is 2.10. The van der Waals surface area contributed by atoms with Crippen molar-refractivity contribution >= 4 is 0 Å². The number of nitrogens with one attached hydrogen (secondary N) is 1. The zero-order valence-electron chi connectivity index (χ0n) is 10.8. The van der Waals surface area contributed by atoms with Crippen LogP contribution in [0.1, 0.15) is 45.4 Å². The minimum absolute atomic E-state index is 0.427. The molecule has 1 unspecified atom stereocenters. The maximum absolute atomic E-state index is 11.9. The number of hydrogen-bond acceptors (Lipinski definition) is 2. The number of rotatable bonds is 10. The van der Waals surface area contributed by atoms with Crippen molar-refractivity contribution in [1.82, 2.24) is 5.32 Å². The van der Waals surface area contributed by atoms with Gasteiger partial charge in [0.25, 0.3) is 6.43 Å². The first-order valence-electron chi connectivity index (χ1n) is 6.81. The molecule has 0 spiro atoms. The molecule has 102 valence electrons. The van der Waals surface area contributed by atoms with Gasteiger partial charge >= 0.3 is 0 Å². The van der Waals surface area contributed by atoms with Gasteiger partial charge in [-0.15, -0.1) is 0 Å². The maximum atomic E-state index is 11.9. The van der Waals surface area contributed by atoms with Crippen LogP contribution in [0.15, 0.2) is 0 Å². The first kappa shape index (κ1) is 14.8. The summed E-state index contributed by atoms with van der Waals surface area (Å²) in [5, 5.41) is 3.49. The third-order valence-corrected chi connectivity index (χ3v) is 3.38. The highest BCUT2D eigenvalue weighted by atomic mass is 19.3. The van der Waals surface area contributed by atoms with Gasteiger partial charge in [0.1, 0.15) is 6.61 Å². The molecule has 0 bridgehead atoms. The standard InChI is InChI=1S/C13H25F2NO/c1-2-7-16-12(9-11-4-3-5-11)6-8-17-10-13(14)15/h11-13,16H,2-10H2,1H3. The van der Waals surface area contributed by atoms with Crippen molar-refractivity contribution in [3.05, 3.63) is 0 Å². The molecule has 2 nitrogen and oxygen atoms in total. The summed E-state index contributed by atoms with van der Waals surface area (Å²) < 4.78 is 28.7. The van der Waals surface area contributed by atoms with E-state index in [-0.39, 0.29) is 0 Å². The Hall–Kier alpha value is -0.220. The molecule has 1 N–H and O–H groups in total. The maximum Gasteiger partial charge on any atom is 0.261 e. The molecule has 0 radical (unpaired) electrons. The molecule has 0 heterocycles. The van der Waals surface area contributed by atoms with Crippen molar-refractivity contribution in [3.63, 3.8) is 0 Å². The average molecular weight is 249 g/mol. The summed E-state index contributed by atoms with van der Waals surface area (Å²) in [5.41, 5.74) is 0. The number of hydrogen-bond donors (Lipinski definition) is 1. The molecule has 1 aliphatic carbocycles. The summed E-state index contributed by atoms with van der Waals surface area (Å²) >= 11 is 0. The van der Waals surface area contributed by atoms with Crippen LogP contribution in [0.3, 0.4) is 0 Å². The summed E-state index contributed by atoms with van der Waals surface area (Å²) in [6, 6.07) is 0.443. The van der Waals surface area contributed by atoms with E-state index in [1.54, 1.807) is 0 Å². The van der Waals surface area contributed by atoms with Gasteiger partial charge in [-0.25, -0.2) is 8.78 Å². The molecular weight excluding hydrogens is 224 g/mol. The zero-order valence-corrected chi connectivity index (χ0v) is 10.8. The van der Waals surface area contributed by atoms with Crippen LogP contribution in [0.5, 0.6) is 0 Å². The van der Waals surface area contributed by atoms with E-state index in [0.717, 1.165) is 25.3 Å². The first-order chi connectivity index (χ1) is 8.22. The first-order valence-corrected chi connectivity index (χ1v) is 6.81. The van der Waals surface area contributed by atoms with E-state index in [4.69, 9.17) is 4.74 Å². The van der Waals surface area contributed by atoms with Gasteiger partial charge in [-0.2, -0.15) is 0 Å². The lowest BCUT2D eigenvalue weighted by Crippen LogP contribution is -2.34. The Labute approximate surface area is 103 Å². The minimum atomic E-state index is -2.34. The van der Waals surface area contributed by atoms with Crippen molar-refractivity contribution in [3.8, 4) is 0 Å². The van der Waals surface area contributed by atoms with E-state index in [1.165, 1.54) is 25.7 Å². The molecule has 1 aliphatic rings. The van der Waals surface area contributed by atoms with Gasteiger partial charge in [-0.1, -0.05) is 26.2 Å².